The Morgan fingerprint density at radius 1 is 1.12 bits per heavy atom. The number of benzene rings is 1. The Kier molecular flexibility index (Phi) is 2.27. The zero-order chi connectivity index (χ0) is 11.7. The third-order valence-electron chi connectivity index (χ3n) is 2.50. The number of fused-ring (bicyclic) bond motifs is 1. The van der Waals surface area contributed by atoms with Crippen molar-refractivity contribution in [1.29, 1.82) is 0 Å². The van der Waals surface area contributed by atoms with Crippen molar-refractivity contribution in [3.8, 4) is 5.82 Å². The van der Waals surface area contributed by atoms with Crippen molar-refractivity contribution in [3.05, 3.63) is 42.4 Å². The fourth-order valence-corrected chi connectivity index (χ4v) is 1.71. The minimum absolute atomic E-state index is 0.317. The van der Waals surface area contributed by atoms with Gasteiger partial charge in [-0.05, 0) is 12.1 Å². The van der Waals surface area contributed by atoms with Crippen LogP contribution in [-0.2, 0) is 6.54 Å². The topological polar surface area (TPSA) is 82.5 Å². The molecule has 0 amide bonds. The van der Waals surface area contributed by atoms with Crippen LogP contribution in [0.2, 0.25) is 0 Å². The van der Waals surface area contributed by atoms with Gasteiger partial charge in [0.05, 0.1) is 11.2 Å². The molecule has 0 radical (unpaired) electrons. The van der Waals surface area contributed by atoms with Gasteiger partial charge in [-0.15, -0.1) is 5.10 Å². The van der Waals surface area contributed by atoms with Gasteiger partial charge in [-0.3, -0.25) is 4.98 Å². The van der Waals surface area contributed by atoms with E-state index in [-0.39, 0.29) is 0 Å². The lowest BCUT2D eigenvalue weighted by Crippen LogP contribution is -2.09. The molecule has 0 aliphatic rings. The van der Waals surface area contributed by atoms with Crippen molar-refractivity contribution >= 4 is 11.0 Å². The van der Waals surface area contributed by atoms with E-state index in [4.69, 9.17) is 5.73 Å². The normalized spacial score (nSPS) is 10.9. The molecular weight excluding hydrogens is 216 g/mol. The van der Waals surface area contributed by atoms with Crippen molar-refractivity contribution in [3.63, 3.8) is 0 Å². The van der Waals surface area contributed by atoms with Crippen molar-refractivity contribution in [1.82, 2.24) is 25.0 Å². The summed E-state index contributed by atoms with van der Waals surface area (Å²) < 4.78 is 1.66. The Morgan fingerprint density at radius 3 is 2.82 bits per heavy atom. The van der Waals surface area contributed by atoms with Crippen LogP contribution >= 0.6 is 0 Å². The van der Waals surface area contributed by atoms with E-state index in [0.717, 1.165) is 11.0 Å². The van der Waals surface area contributed by atoms with E-state index in [2.05, 4.69) is 20.3 Å². The Morgan fingerprint density at radius 2 is 1.94 bits per heavy atom. The summed E-state index contributed by atoms with van der Waals surface area (Å²) >= 11 is 0. The number of hydrogen-bond donors (Lipinski definition) is 1. The van der Waals surface area contributed by atoms with Crippen molar-refractivity contribution in [2.45, 2.75) is 6.54 Å². The van der Waals surface area contributed by atoms with Crippen molar-refractivity contribution in [2.75, 3.05) is 0 Å². The van der Waals surface area contributed by atoms with Gasteiger partial charge in [-0.2, -0.15) is 4.68 Å². The van der Waals surface area contributed by atoms with Gasteiger partial charge in [0.2, 0.25) is 0 Å². The molecule has 0 bridgehead atoms. The molecule has 0 unspecified atom stereocenters. The smallest absolute Gasteiger partial charge is 0.178 e. The Balaban J connectivity index is 2.27. The summed E-state index contributed by atoms with van der Waals surface area (Å²) in [6.07, 6.45) is 3.23. The van der Waals surface area contributed by atoms with Crippen molar-refractivity contribution in [2.24, 2.45) is 5.73 Å². The van der Waals surface area contributed by atoms with Gasteiger partial charge in [-0.1, -0.05) is 17.3 Å². The lowest BCUT2D eigenvalue weighted by Gasteiger charge is -2.04. The average Bonchev–Trinajstić information content (AvgIpc) is 2.82. The first-order valence-corrected chi connectivity index (χ1v) is 5.21. The summed E-state index contributed by atoms with van der Waals surface area (Å²) in [7, 11) is 0. The molecule has 17 heavy (non-hydrogen) atoms. The molecule has 6 heteroatoms. The summed E-state index contributed by atoms with van der Waals surface area (Å²) in [6, 6.07) is 7.68. The standard InChI is InChI=1S/C11H10N6/c12-7-9-11(14-6-5-13-9)17-10-4-2-1-3-8(10)15-16-17/h1-6H,7,12H2. The second-order valence-corrected chi connectivity index (χ2v) is 3.52. The highest BCUT2D eigenvalue weighted by Gasteiger charge is 2.10. The second kappa shape index (κ2) is 3.91. The van der Waals surface area contributed by atoms with Gasteiger partial charge in [-0.25, -0.2) is 4.98 Å². The van der Waals surface area contributed by atoms with Crippen LogP contribution in [0, 0.1) is 0 Å². The number of para-hydroxylation sites is 1. The second-order valence-electron chi connectivity index (χ2n) is 3.52. The zero-order valence-electron chi connectivity index (χ0n) is 8.98. The van der Waals surface area contributed by atoms with Gasteiger partial charge in [0.25, 0.3) is 0 Å². The molecule has 84 valence electrons. The van der Waals surface area contributed by atoms with Crippen LogP contribution in [0.4, 0.5) is 0 Å². The van der Waals surface area contributed by atoms with Gasteiger partial charge in [0, 0.05) is 18.9 Å². The first-order chi connectivity index (χ1) is 8.40. The van der Waals surface area contributed by atoms with Gasteiger partial charge < -0.3 is 5.73 Å². The maximum Gasteiger partial charge on any atom is 0.178 e. The molecule has 3 aromatic rings. The van der Waals surface area contributed by atoms with Crippen LogP contribution in [0.3, 0.4) is 0 Å². The Bertz CT molecular complexity index is 660. The third-order valence-corrected chi connectivity index (χ3v) is 2.50. The van der Waals surface area contributed by atoms with E-state index in [9.17, 15) is 0 Å². The molecule has 0 saturated carbocycles. The Hall–Kier alpha value is -2.34. The quantitative estimate of drug-likeness (QED) is 0.694. The van der Waals surface area contributed by atoms with E-state index in [1.54, 1.807) is 17.1 Å². The first-order valence-electron chi connectivity index (χ1n) is 5.21. The maximum absolute atomic E-state index is 5.64. The molecule has 2 aromatic heterocycles. The van der Waals surface area contributed by atoms with Crippen LogP contribution in [0.25, 0.3) is 16.9 Å². The van der Waals surface area contributed by atoms with E-state index in [1.165, 1.54) is 0 Å². The van der Waals surface area contributed by atoms with E-state index in [0.29, 0.717) is 18.1 Å². The van der Waals surface area contributed by atoms with Crippen LogP contribution in [0.5, 0.6) is 0 Å². The number of aromatic nitrogens is 5. The number of nitrogens with zero attached hydrogens (tertiary/aromatic N) is 5. The fourth-order valence-electron chi connectivity index (χ4n) is 1.71. The van der Waals surface area contributed by atoms with Crippen LogP contribution in [0.1, 0.15) is 5.69 Å². The summed E-state index contributed by atoms with van der Waals surface area (Å²) in [6.45, 7) is 0.317. The molecule has 0 spiro atoms. The summed E-state index contributed by atoms with van der Waals surface area (Å²) in [5.41, 5.74) is 8.05. The molecule has 0 saturated heterocycles. The zero-order valence-corrected chi connectivity index (χ0v) is 8.98. The molecule has 2 heterocycles. The Labute approximate surface area is 97.1 Å². The molecule has 0 atom stereocenters. The minimum atomic E-state index is 0.317. The lowest BCUT2D eigenvalue weighted by atomic mass is 10.3. The number of rotatable bonds is 2. The summed E-state index contributed by atoms with van der Waals surface area (Å²) in [4.78, 5) is 8.44. The van der Waals surface area contributed by atoms with Gasteiger partial charge in [0.15, 0.2) is 5.82 Å². The summed E-state index contributed by atoms with van der Waals surface area (Å²) in [5, 5.41) is 8.16. The molecular formula is C11H10N6. The number of nitrogens with two attached hydrogens (primary N) is 1. The van der Waals surface area contributed by atoms with Crippen LogP contribution < -0.4 is 5.73 Å². The van der Waals surface area contributed by atoms with E-state index < -0.39 is 0 Å². The maximum atomic E-state index is 5.64. The highest BCUT2D eigenvalue weighted by molar-refractivity contribution is 5.75. The van der Waals surface area contributed by atoms with Crippen LogP contribution in [0.15, 0.2) is 36.7 Å². The highest BCUT2D eigenvalue weighted by atomic mass is 15.4. The minimum Gasteiger partial charge on any atom is -0.325 e. The molecule has 2 N–H and O–H groups in total. The van der Waals surface area contributed by atoms with E-state index >= 15 is 0 Å². The largest absolute Gasteiger partial charge is 0.325 e. The molecule has 6 nitrogen and oxygen atoms in total. The molecule has 3 rings (SSSR count). The number of hydrogen-bond acceptors (Lipinski definition) is 5. The van der Waals surface area contributed by atoms with Crippen LogP contribution in [-0.4, -0.2) is 25.0 Å². The average molecular weight is 226 g/mol. The SMILES string of the molecule is NCc1nccnc1-n1nnc2ccccc21. The molecule has 1 aromatic carbocycles. The monoisotopic (exact) mass is 226 g/mol. The predicted octanol–water partition coefficient (Wildman–Crippen LogP) is 0.669. The highest BCUT2D eigenvalue weighted by Crippen LogP contribution is 2.15. The fraction of sp³-hybridized carbons (Fsp3) is 0.0909. The van der Waals surface area contributed by atoms with Crippen molar-refractivity contribution < 1.29 is 0 Å². The molecule has 0 fully saturated rings. The molecule has 0 aliphatic carbocycles. The lowest BCUT2D eigenvalue weighted by molar-refractivity contribution is 0.773. The third kappa shape index (κ3) is 1.55. The van der Waals surface area contributed by atoms with Gasteiger partial charge in [0.1, 0.15) is 5.52 Å². The molecule has 0 aliphatic heterocycles. The predicted molar refractivity (Wildman–Crippen MR) is 62.3 cm³/mol. The first kappa shape index (κ1) is 9.86. The van der Waals surface area contributed by atoms with Gasteiger partial charge >= 0.3 is 0 Å². The summed E-state index contributed by atoms with van der Waals surface area (Å²) in [5.74, 6) is 0.628. The van der Waals surface area contributed by atoms with E-state index in [1.807, 2.05) is 24.3 Å².